The van der Waals surface area contributed by atoms with Gasteiger partial charge < -0.3 is 40.1 Å². The lowest BCUT2D eigenvalue weighted by atomic mass is 10.3. The van der Waals surface area contributed by atoms with E-state index < -0.39 is 62.9 Å². The first-order valence-electron chi connectivity index (χ1n) is 12.9. The summed E-state index contributed by atoms with van der Waals surface area (Å²) >= 11 is 0. The van der Waals surface area contributed by atoms with Crippen molar-refractivity contribution in [2.24, 2.45) is 4.52 Å². The minimum atomic E-state index is -5.48. The number of para-hydroxylation sites is 6. The second-order valence-corrected chi connectivity index (χ2v) is 14.8. The van der Waals surface area contributed by atoms with Crippen molar-refractivity contribution in [2.45, 2.75) is 18.5 Å². The van der Waals surface area contributed by atoms with Gasteiger partial charge in [-0.3, -0.25) is 4.84 Å². The number of benzene rings is 3. The van der Waals surface area contributed by atoms with E-state index in [1.54, 1.807) is 0 Å². The molecular formula is C24H24F9N6O6P3. The van der Waals surface area contributed by atoms with Crippen LogP contribution in [-0.4, -0.2) is 47.6 Å². The molecule has 3 aromatic rings. The third-order valence-corrected chi connectivity index (χ3v) is 12.2. The van der Waals surface area contributed by atoms with E-state index in [1.807, 2.05) is 0 Å². The summed E-state index contributed by atoms with van der Waals surface area (Å²) in [4.78, 5) is 10.7. The molecule has 0 spiro atoms. The second kappa shape index (κ2) is 15.1. The number of hydrogen-bond acceptors (Lipinski definition) is 12. The van der Waals surface area contributed by atoms with Crippen LogP contribution in [-0.2, 0) is 13.9 Å². The van der Waals surface area contributed by atoms with Crippen molar-refractivity contribution in [1.29, 1.82) is 0 Å². The smallest absolute Gasteiger partial charge is 0.413 e. The Morgan fingerprint density at radius 2 is 1.02 bits per heavy atom. The Kier molecular flexibility index (Phi) is 11.8. The monoisotopic (exact) mass is 756 g/mol. The van der Waals surface area contributed by atoms with Gasteiger partial charge in [0.05, 0.1) is 17.1 Å². The topological polar surface area (TPSA) is 152 Å². The number of rotatable bonds is 12. The Morgan fingerprint density at radius 1 is 0.604 bits per heavy atom. The van der Waals surface area contributed by atoms with Crippen molar-refractivity contribution in [3.63, 3.8) is 0 Å². The van der Waals surface area contributed by atoms with Crippen LogP contribution in [0, 0.1) is 0 Å². The van der Waals surface area contributed by atoms with E-state index in [2.05, 4.69) is 4.52 Å². The van der Waals surface area contributed by atoms with Gasteiger partial charge in [0.2, 0.25) is 0 Å². The molecule has 264 valence electrons. The Labute approximate surface area is 268 Å². The van der Waals surface area contributed by atoms with Crippen LogP contribution in [0.25, 0.3) is 0 Å². The fourth-order valence-electron chi connectivity index (χ4n) is 3.30. The molecule has 3 aromatic carbocycles. The molecule has 6 N–H and O–H groups in total. The predicted octanol–water partition coefficient (Wildman–Crippen LogP) is 8.55. The molecule has 12 nitrogen and oxygen atoms in total. The lowest BCUT2D eigenvalue weighted by molar-refractivity contribution is -0.213. The maximum atomic E-state index is 13.6. The lowest BCUT2D eigenvalue weighted by Crippen LogP contribution is -2.37. The molecule has 0 aliphatic carbocycles. The lowest BCUT2D eigenvalue weighted by Gasteiger charge is -2.44. The summed E-state index contributed by atoms with van der Waals surface area (Å²) < 4.78 is 148. The zero-order valence-corrected chi connectivity index (χ0v) is 26.5. The van der Waals surface area contributed by atoms with Gasteiger partial charge in [-0.15, -0.1) is 0 Å². The summed E-state index contributed by atoms with van der Waals surface area (Å²) in [7, 11) is -12.0. The highest BCUT2D eigenvalue weighted by Crippen LogP contribution is 2.79. The van der Waals surface area contributed by atoms with Crippen molar-refractivity contribution < 1.29 is 67.3 Å². The molecule has 0 bridgehead atoms. The molecule has 0 saturated carbocycles. The standard InChI is InChI=1S/C24H24F9N6O6P3/c25-22(26,27)13-40-39-47(45-21-12-6-3-9-18(21)36)38(43-19-10-4-1-7-16(19)34)46(44-20-11-5-2-8-17(20)35)37-48(39,41-14-23(28,29)30)42-15-24(31,32)33/h1-12H,13-15,34-36H2. The van der Waals surface area contributed by atoms with Crippen molar-refractivity contribution in [3.8, 4) is 17.2 Å². The molecule has 2 unspecified atom stereocenters. The zero-order chi connectivity index (χ0) is 35.3. The molecule has 1 aliphatic rings. The van der Waals surface area contributed by atoms with Gasteiger partial charge in [-0.2, -0.15) is 44.0 Å². The molecule has 1 heterocycles. The van der Waals surface area contributed by atoms with E-state index >= 15 is 0 Å². The molecule has 48 heavy (non-hydrogen) atoms. The van der Waals surface area contributed by atoms with Gasteiger partial charge in [0.1, 0.15) is 11.5 Å². The maximum Gasteiger partial charge on any atom is 0.413 e. The molecule has 0 aromatic heterocycles. The SMILES string of the molecule is Nc1ccccc1ON1P(Oc2ccccc2N)N=P(OCC(F)(F)F)(OCC(F)(F)F)N(OCC(F)(F)F)P1Oc1ccccc1N. The zero-order valence-electron chi connectivity index (χ0n) is 23.8. The average Bonchev–Trinajstić information content (AvgIpc) is 2.98. The summed E-state index contributed by atoms with van der Waals surface area (Å²) in [5, 5.41) is 0. The second-order valence-electron chi connectivity index (χ2n) is 9.14. The fraction of sp³-hybridized carbons (Fsp3) is 0.250. The molecule has 1 aliphatic heterocycles. The molecule has 0 amide bonds. The number of nitrogen functional groups attached to an aromatic ring is 3. The van der Waals surface area contributed by atoms with Crippen LogP contribution in [0.2, 0.25) is 0 Å². The van der Waals surface area contributed by atoms with Crippen molar-refractivity contribution in [2.75, 3.05) is 37.0 Å². The van der Waals surface area contributed by atoms with E-state index in [0.717, 1.165) is 0 Å². The molecule has 4 rings (SSSR count). The first-order chi connectivity index (χ1) is 22.4. The average molecular weight is 756 g/mol. The van der Waals surface area contributed by atoms with E-state index in [0.29, 0.717) is 4.60 Å². The predicted molar refractivity (Wildman–Crippen MR) is 157 cm³/mol. The summed E-state index contributed by atoms with van der Waals surface area (Å²) in [5.41, 5.74) is 17.6. The van der Waals surface area contributed by atoms with Crippen molar-refractivity contribution in [1.82, 2.24) is 9.21 Å². The van der Waals surface area contributed by atoms with Gasteiger partial charge in [-0.05, 0) is 41.0 Å². The number of hydrogen-bond donors (Lipinski definition) is 3. The van der Waals surface area contributed by atoms with E-state index in [9.17, 15) is 39.5 Å². The Hall–Kier alpha value is -3.28. The first kappa shape index (κ1) is 37.5. The summed E-state index contributed by atoms with van der Waals surface area (Å²) in [6.07, 6.45) is -15.7. The van der Waals surface area contributed by atoms with Crippen LogP contribution in [0.4, 0.5) is 56.6 Å². The number of nitrogens with zero attached hydrogens (tertiary/aromatic N) is 3. The maximum absolute atomic E-state index is 13.6. The van der Waals surface area contributed by atoms with Gasteiger partial charge in [0.15, 0.2) is 25.6 Å². The van der Waals surface area contributed by atoms with E-state index in [-0.39, 0.29) is 38.9 Å². The van der Waals surface area contributed by atoms with Crippen molar-refractivity contribution >= 4 is 41.6 Å². The minimum absolute atomic E-state index is 0.0723. The normalized spacial score (nSPS) is 19.0. The van der Waals surface area contributed by atoms with Crippen LogP contribution in [0.1, 0.15) is 0 Å². The molecule has 0 saturated heterocycles. The number of alkyl halides is 9. The molecule has 0 radical (unpaired) electrons. The van der Waals surface area contributed by atoms with E-state index in [1.165, 1.54) is 72.8 Å². The van der Waals surface area contributed by atoms with Gasteiger partial charge in [-0.25, -0.2) is 0 Å². The van der Waals surface area contributed by atoms with E-state index in [4.69, 9.17) is 45.0 Å². The highest BCUT2D eigenvalue weighted by molar-refractivity contribution is 7.78. The summed E-state index contributed by atoms with van der Waals surface area (Å²) in [6, 6.07) is 16.3. The van der Waals surface area contributed by atoms with Crippen LogP contribution in [0.15, 0.2) is 77.3 Å². The quantitative estimate of drug-likeness (QED) is 0.0926. The molecule has 24 heteroatoms. The summed E-state index contributed by atoms with van der Waals surface area (Å²) in [5.74, 6) is -0.749. The van der Waals surface area contributed by atoms with Gasteiger partial charge in [0, 0.05) is 4.60 Å². The van der Waals surface area contributed by atoms with Crippen molar-refractivity contribution in [3.05, 3.63) is 72.8 Å². The highest BCUT2D eigenvalue weighted by Gasteiger charge is 2.57. The van der Waals surface area contributed by atoms with Gasteiger partial charge in [0.25, 0.3) is 0 Å². The van der Waals surface area contributed by atoms with Gasteiger partial charge >= 0.3 is 43.1 Å². The number of halogens is 9. The largest absolute Gasteiger partial charge is 0.439 e. The van der Waals surface area contributed by atoms with Crippen LogP contribution in [0.3, 0.4) is 0 Å². The fourth-order valence-corrected chi connectivity index (χ4v) is 11.0. The number of anilines is 3. The van der Waals surface area contributed by atoms with Crippen LogP contribution < -0.4 is 31.1 Å². The third-order valence-electron chi connectivity index (χ3n) is 5.28. The Morgan fingerprint density at radius 3 is 1.46 bits per heavy atom. The molecular weight excluding hydrogens is 732 g/mol. The van der Waals surface area contributed by atoms with Crippen LogP contribution >= 0.6 is 24.6 Å². The third kappa shape index (κ3) is 10.4. The highest BCUT2D eigenvalue weighted by atomic mass is 31.3. The molecule has 2 atom stereocenters. The van der Waals surface area contributed by atoms with Gasteiger partial charge in [-0.1, -0.05) is 36.4 Å². The number of nitrogens with two attached hydrogens (primary N) is 3. The summed E-state index contributed by atoms with van der Waals surface area (Å²) in [6.45, 7) is -6.99. The van der Waals surface area contributed by atoms with Crippen LogP contribution in [0.5, 0.6) is 17.2 Å². The first-order valence-corrected chi connectivity index (χ1v) is 16.7. The Bertz CT molecular complexity index is 1580. The molecule has 0 fully saturated rings. The Balaban J connectivity index is 2.02. The minimum Gasteiger partial charge on any atom is -0.439 e.